The van der Waals surface area contributed by atoms with E-state index >= 15 is 0 Å². The fourth-order valence-electron chi connectivity index (χ4n) is 2.66. The Kier molecular flexibility index (Phi) is 5.90. The molecule has 0 radical (unpaired) electrons. The minimum atomic E-state index is -0.442. The van der Waals surface area contributed by atoms with E-state index in [1.807, 2.05) is 6.07 Å². The van der Waals surface area contributed by atoms with Crippen molar-refractivity contribution in [2.45, 2.75) is 6.92 Å². The number of para-hydroxylation sites is 1. The molecule has 1 heterocycles. The van der Waals surface area contributed by atoms with Gasteiger partial charge in [0.15, 0.2) is 0 Å². The monoisotopic (exact) mass is 389 g/mol. The van der Waals surface area contributed by atoms with Gasteiger partial charge in [-0.3, -0.25) is 4.79 Å². The van der Waals surface area contributed by atoms with E-state index in [0.29, 0.717) is 40.1 Å². The zero-order valence-electron chi connectivity index (χ0n) is 16.2. The molecule has 0 unspecified atom stereocenters. The van der Waals surface area contributed by atoms with Crippen molar-refractivity contribution in [3.8, 4) is 17.6 Å². The molecule has 29 heavy (non-hydrogen) atoms. The maximum Gasteiger partial charge on any atom is 0.274 e. The first kappa shape index (κ1) is 19.6. The van der Waals surface area contributed by atoms with Crippen LogP contribution >= 0.6 is 0 Å². The Hall–Kier alpha value is -4.12. The number of hydrogen-bond acceptors (Lipinski definition) is 7. The SMILES string of the molecule is COc1ccc(Nc2cc(C(=O)Nc3ccccc3C#N)nc(C)n2)c(OC)c1. The molecule has 8 heteroatoms. The van der Waals surface area contributed by atoms with E-state index in [1.165, 1.54) is 6.07 Å². The highest BCUT2D eigenvalue weighted by Crippen LogP contribution is 2.31. The van der Waals surface area contributed by atoms with Crippen molar-refractivity contribution in [3.63, 3.8) is 0 Å². The summed E-state index contributed by atoms with van der Waals surface area (Å²) in [5, 5.41) is 15.0. The smallest absolute Gasteiger partial charge is 0.274 e. The first-order chi connectivity index (χ1) is 14.0. The largest absolute Gasteiger partial charge is 0.497 e. The normalized spacial score (nSPS) is 10.0. The van der Waals surface area contributed by atoms with Gasteiger partial charge in [-0.2, -0.15) is 5.26 Å². The number of anilines is 3. The summed E-state index contributed by atoms with van der Waals surface area (Å²) in [4.78, 5) is 21.2. The van der Waals surface area contributed by atoms with E-state index in [2.05, 4.69) is 20.6 Å². The lowest BCUT2D eigenvalue weighted by Crippen LogP contribution is -2.16. The molecule has 0 atom stereocenters. The Balaban J connectivity index is 1.87. The molecule has 0 bridgehead atoms. The number of methoxy groups -OCH3 is 2. The molecule has 0 aliphatic carbocycles. The first-order valence-electron chi connectivity index (χ1n) is 8.69. The van der Waals surface area contributed by atoms with E-state index in [-0.39, 0.29) is 5.69 Å². The Bertz CT molecular complexity index is 1090. The molecule has 2 N–H and O–H groups in total. The summed E-state index contributed by atoms with van der Waals surface area (Å²) in [6.07, 6.45) is 0. The Morgan fingerprint density at radius 3 is 2.55 bits per heavy atom. The molecule has 3 aromatic rings. The molecule has 146 valence electrons. The van der Waals surface area contributed by atoms with E-state index in [4.69, 9.17) is 9.47 Å². The number of nitrogens with zero attached hydrogens (tertiary/aromatic N) is 3. The quantitative estimate of drug-likeness (QED) is 0.662. The first-order valence-corrected chi connectivity index (χ1v) is 8.69. The third kappa shape index (κ3) is 4.59. The van der Waals surface area contributed by atoms with Crippen molar-refractivity contribution in [1.82, 2.24) is 9.97 Å². The summed E-state index contributed by atoms with van der Waals surface area (Å²) in [6, 6.07) is 15.6. The standard InChI is InChI=1S/C21H19N5O3/c1-13-23-18(21(27)26-16-7-5-4-6-14(16)12-22)11-20(24-13)25-17-9-8-15(28-2)10-19(17)29-3/h4-11H,1-3H3,(H,26,27)(H,23,24,25). The van der Waals surface area contributed by atoms with Gasteiger partial charge in [0.2, 0.25) is 0 Å². The third-order valence-electron chi connectivity index (χ3n) is 4.04. The van der Waals surface area contributed by atoms with Gasteiger partial charge in [-0.1, -0.05) is 12.1 Å². The number of amides is 1. The Morgan fingerprint density at radius 2 is 1.83 bits per heavy atom. The second-order valence-electron chi connectivity index (χ2n) is 5.99. The molecule has 0 spiro atoms. The highest BCUT2D eigenvalue weighted by molar-refractivity contribution is 6.04. The topological polar surface area (TPSA) is 109 Å². The van der Waals surface area contributed by atoms with Crippen LogP contribution in [0.25, 0.3) is 0 Å². The molecule has 2 aromatic carbocycles. The fourth-order valence-corrected chi connectivity index (χ4v) is 2.66. The van der Waals surface area contributed by atoms with Crippen LogP contribution in [0.15, 0.2) is 48.5 Å². The summed E-state index contributed by atoms with van der Waals surface area (Å²) in [7, 11) is 3.13. The molecule has 1 amide bonds. The van der Waals surface area contributed by atoms with Crippen molar-refractivity contribution in [2.75, 3.05) is 24.9 Å². The van der Waals surface area contributed by atoms with E-state index in [0.717, 1.165) is 0 Å². The molecule has 3 rings (SSSR count). The third-order valence-corrected chi connectivity index (χ3v) is 4.04. The van der Waals surface area contributed by atoms with Crippen molar-refractivity contribution in [1.29, 1.82) is 5.26 Å². The van der Waals surface area contributed by atoms with Crippen LogP contribution in [-0.2, 0) is 0 Å². The van der Waals surface area contributed by atoms with Gasteiger partial charge in [-0.25, -0.2) is 9.97 Å². The number of carbonyl (C=O) groups excluding carboxylic acids is 1. The summed E-state index contributed by atoms with van der Waals surface area (Å²) in [5.41, 5.74) is 1.61. The fraction of sp³-hybridized carbons (Fsp3) is 0.143. The van der Waals surface area contributed by atoms with Gasteiger partial charge < -0.3 is 20.1 Å². The highest BCUT2D eigenvalue weighted by atomic mass is 16.5. The van der Waals surface area contributed by atoms with Crippen LogP contribution in [-0.4, -0.2) is 30.1 Å². The minimum Gasteiger partial charge on any atom is -0.497 e. The molecular weight excluding hydrogens is 370 g/mol. The van der Waals surface area contributed by atoms with Crippen LogP contribution in [0.3, 0.4) is 0 Å². The Morgan fingerprint density at radius 1 is 1.03 bits per heavy atom. The van der Waals surface area contributed by atoms with E-state index < -0.39 is 5.91 Å². The second-order valence-corrected chi connectivity index (χ2v) is 5.99. The summed E-state index contributed by atoms with van der Waals surface area (Å²) >= 11 is 0. The number of nitrogens with one attached hydrogen (secondary N) is 2. The van der Waals surface area contributed by atoms with Gasteiger partial charge in [0, 0.05) is 12.1 Å². The number of aromatic nitrogens is 2. The predicted molar refractivity (Wildman–Crippen MR) is 109 cm³/mol. The Labute approximate surface area is 168 Å². The van der Waals surface area contributed by atoms with E-state index in [1.54, 1.807) is 63.6 Å². The molecule has 0 fully saturated rings. The second kappa shape index (κ2) is 8.71. The van der Waals surface area contributed by atoms with Crippen LogP contribution in [0.2, 0.25) is 0 Å². The summed E-state index contributed by atoms with van der Waals surface area (Å²) in [6.45, 7) is 1.69. The van der Waals surface area contributed by atoms with Crippen molar-refractivity contribution in [2.24, 2.45) is 0 Å². The molecular formula is C21H19N5O3. The van der Waals surface area contributed by atoms with Crippen molar-refractivity contribution >= 4 is 23.1 Å². The zero-order valence-corrected chi connectivity index (χ0v) is 16.2. The lowest BCUT2D eigenvalue weighted by atomic mass is 10.2. The average molecular weight is 389 g/mol. The molecule has 8 nitrogen and oxygen atoms in total. The molecule has 0 aliphatic heterocycles. The van der Waals surface area contributed by atoms with E-state index in [9.17, 15) is 10.1 Å². The number of nitriles is 1. The van der Waals surface area contributed by atoms with Gasteiger partial charge >= 0.3 is 0 Å². The van der Waals surface area contributed by atoms with Gasteiger partial charge in [-0.15, -0.1) is 0 Å². The number of aryl methyl sites for hydroxylation is 1. The predicted octanol–water partition coefficient (Wildman–Crippen LogP) is 3.67. The van der Waals surface area contributed by atoms with Crippen LogP contribution in [0, 0.1) is 18.3 Å². The van der Waals surface area contributed by atoms with Gasteiger partial charge in [-0.05, 0) is 31.2 Å². The summed E-state index contributed by atoms with van der Waals surface area (Å²) in [5.74, 6) is 1.63. The van der Waals surface area contributed by atoms with Gasteiger partial charge in [0.05, 0.1) is 31.2 Å². The van der Waals surface area contributed by atoms with Crippen LogP contribution in [0.4, 0.5) is 17.2 Å². The zero-order chi connectivity index (χ0) is 20.8. The number of hydrogen-bond donors (Lipinski definition) is 2. The minimum absolute atomic E-state index is 0.167. The highest BCUT2D eigenvalue weighted by Gasteiger charge is 2.14. The molecule has 1 aromatic heterocycles. The lowest BCUT2D eigenvalue weighted by Gasteiger charge is -2.13. The number of benzene rings is 2. The lowest BCUT2D eigenvalue weighted by molar-refractivity contribution is 0.102. The van der Waals surface area contributed by atoms with Gasteiger partial charge in [0.25, 0.3) is 5.91 Å². The van der Waals surface area contributed by atoms with Crippen LogP contribution < -0.4 is 20.1 Å². The van der Waals surface area contributed by atoms with Crippen molar-refractivity contribution in [3.05, 3.63) is 65.6 Å². The van der Waals surface area contributed by atoms with Crippen molar-refractivity contribution < 1.29 is 14.3 Å². The molecule has 0 saturated heterocycles. The maximum atomic E-state index is 12.7. The molecule has 0 saturated carbocycles. The number of rotatable bonds is 6. The maximum absolute atomic E-state index is 12.7. The van der Waals surface area contributed by atoms with Crippen LogP contribution in [0.1, 0.15) is 21.9 Å². The van der Waals surface area contributed by atoms with Gasteiger partial charge in [0.1, 0.15) is 34.9 Å². The number of carbonyl (C=O) groups is 1. The summed E-state index contributed by atoms with van der Waals surface area (Å²) < 4.78 is 10.6. The average Bonchev–Trinajstić information content (AvgIpc) is 2.74. The van der Waals surface area contributed by atoms with Crippen LogP contribution in [0.5, 0.6) is 11.5 Å². The number of ether oxygens (including phenoxy) is 2. The molecule has 0 aliphatic rings.